The number of aryl methyl sites for hydroxylation is 2. The number of hydrogen-bond donors (Lipinski definition) is 2. The number of nitrogens with zero attached hydrogens (tertiary/aromatic N) is 3. The molecule has 0 bridgehead atoms. The standard InChI is InChI=1S/C14H19N5/c1-4-15-14-17-8-10(2)13(19-14)16-9-12-7-5-6-11(3)18-12/h5-8H,4,9H2,1-3H3,(H2,15,16,17,19). The van der Waals surface area contributed by atoms with Gasteiger partial charge in [0.1, 0.15) is 5.82 Å². The molecule has 0 aromatic carbocycles. The lowest BCUT2D eigenvalue weighted by molar-refractivity contribution is 0.986. The van der Waals surface area contributed by atoms with Crippen LogP contribution in [0.15, 0.2) is 24.4 Å². The highest BCUT2D eigenvalue weighted by molar-refractivity contribution is 5.46. The number of pyridine rings is 1. The maximum Gasteiger partial charge on any atom is 0.224 e. The molecule has 0 aliphatic rings. The fourth-order valence-electron chi connectivity index (χ4n) is 1.74. The Hall–Kier alpha value is -2.17. The third-order valence-corrected chi connectivity index (χ3v) is 2.69. The van der Waals surface area contributed by atoms with E-state index in [-0.39, 0.29) is 0 Å². The molecule has 5 nitrogen and oxygen atoms in total. The van der Waals surface area contributed by atoms with Crippen molar-refractivity contribution in [2.75, 3.05) is 17.2 Å². The Balaban J connectivity index is 2.08. The topological polar surface area (TPSA) is 62.7 Å². The van der Waals surface area contributed by atoms with Crippen molar-refractivity contribution < 1.29 is 0 Å². The molecule has 0 aliphatic heterocycles. The minimum absolute atomic E-state index is 0.646. The summed E-state index contributed by atoms with van der Waals surface area (Å²) in [6.45, 7) is 7.46. The predicted molar refractivity (Wildman–Crippen MR) is 77.2 cm³/mol. The molecule has 0 fully saturated rings. The molecule has 2 rings (SSSR count). The summed E-state index contributed by atoms with van der Waals surface area (Å²) in [7, 11) is 0. The van der Waals surface area contributed by atoms with Crippen LogP contribution < -0.4 is 10.6 Å². The summed E-state index contributed by atoms with van der Waals surface area (Å²) < 4.78 is 0. The zero-order valence-corrected chi connectivity index (χ0v) is 11.6. The third kappa shape index (κ3) is 3.64. The first kappa shape index (κ1) is 13.3. The van der Waals surface area contributed by atoms with Crippen molar-refractivity contribution in [1.82, 2.24) is 15.0 Å². The Morgan fingerprint density at radius 3 is 2.68 bits per heavy atom. The van der Waals surface area contributed by atoms with Gasteiger partial charge in [0.25, 0.3) is 0 Å². The number of aromatic nitrogens is 3. The van der Waals surface area contributed by atoms with Crippen LogP contribution in [0, 0.1) is 13.8 Å². The number of rotatable bonds is 5. The lowest BCUT2D eigenvalue weighted by atomic mass is 10.3. The molecule has 5 heteroatoms. The molecule has 0 aliphatic carbocycles. The lowest BCUT2D eigenvalue weighted by Gasteiger charge is -2.10. The first-order valence-electron chi connectivity index (χ1n) is 6.43. The largest absolute Gasteiger partial charge is 0.364 e. The van der Waals surface area contributed by atoms with Gasteiger partial charge < -0.3 is 10.6 Å². The van der Waals surface area contributed by atoms with E-state index in [0.717, 1.165) is 29.3 Å². The highest BCUT2D eigenvalue weighted by Crippen LogP contribution is 2.13. The molecule has 2 N–H and O–H groups in total. The van der Waals surface area contributed by atoms with E-state index in [1.165, 1.54) is 0 Å². The van der Waals surface area contributed by atoms with Gasteiger partial charge in [-0.2, -0.15) is 4.98 Å². The summed E-state index contributed by atoms with van der Waals surface area (Å²) in [5.74, 6) is 1.49. The minimum Gasteiger partial charge on any atom is -0.364 e. The zero-order chi connectivity index (χ0) is 13.7. The second-order valence-electron chi connectivity index (χ2n) is 4.38. The van der Waals surface area contributed by atoms with Crippen molar-refractivity contribution in [3.8, 4) is 0 Å². The van der Waals surface area contributed by atoms with E-state index in [2.05, 4.69) is 25.6 Å². The van der Waals surface area contributed by atoms with Crippen molar-refractivity contribution in [3.05, 3.63) is 41.3 Å². The molecule has 0 unspecified atom stereocenters. The zero-order valence-electron chi connectivity index (χ0n) is 11.6. The first-order chi connectivity index (χ1) is 9.19. The molecule has 0 spiro atoms. The van der Waals surface area contributed by atoms with E-state index in [1.54, 1.807) is 0 Å². The van der Waals surface area contributed by atoms with E-state index in [4.69, 9.17) is 0 Å². The van der Waals surface area contributed by atoms with Crippen LogP contribution in [-0.2, 0) is 6.54 Å². The Morgan fingerprint density at radius 2 is 1.95 bits per heavy atom. The summed E-state index contributed by atoms with van der Waals surface area (Å²) in [4.78, 5) is 13.1. The molecule has 19 heavy (non-hydrogen) atoms. The second kappa shape index (κ2) is 6.13. The van der Waals surface area contributed by atoms with Gasteiger partial charge in [0.2, 0.25) is 5.95 Å². The average Bonchev–Trinajstić information content (AvgIpc) is 2.40. The van der Waals surface area contributed by atoms with Gasteiger partial charge in [0.15, 0.2) is 0 Å². The van der Waals surface area contributed by atoms with Crippen molar-refractivity contribution in [3.63, 3.8) is 0 Å². The van der Waals surface area contributed by atoms with Gasteiger partial charge in [-0.3, -0.25) is 4.98 Å². The van der Waals surface area contributed by atoms with E-state index in [0.29, 0.717) is 12.5 Å². The maximum atomic E-state index is 4.46. The highest BCUT2D eigenvalue weighted by atomic mass is 15.1. The van der Waals surface area contributed by atoms with Crippen molar-refractivity contribution in [2.45, 2.75) is 27.3 Å². The van der Waals surface area contributed by atoms with E-state index < -0.39 is 0 Å². The fourth-order valence-corrected chi connectivity index (χ4v) is 1.74. The molecule has 0 radical (unpaired) electrons. The van der Waals surface area contributed by atoms with Gasteiger partial charge in [0.05, 0.1) is 12.2 Å². The van der Waals surface area contributed by atoms with Crippen LogP contribution in [0.25, 0.3) is 0 Å². The van der Waals surface area contributed by atoms with Gasteiger partial charge in [-0.1, -0.05) is 6.07 Å². The molecule has 2 heterocycles. The van der Waals surface area contributed by atoms with Crippen LogP contribution in [-0.4, -0.2) is 21.5 Å². The van der Waals surface area contributed by atoms with Crippen LogP contribution in [0.4, 0.5) is 11.8 Å². The lowest BCUT2D eigenvalue weighted by Crippen LogP contribution is -2.08. The molecular formula is C14H19N5. The summed E-state index contributed by atoms with van der Waals surface area (Å²) in [5, 5.41) is 6.41. The van der Waals surface area contributed by atoms with E-state index in [9.17, 15) is 0 Å². The summed E-state index contributed by atoms with van der Waals surface area (Å²) in [5.41, 5.74) is 3.05. The minimum atomic E-state index is 0.646. The Labute approximate surface area is 113 Å². The molecule has 100 valence electrons. The number of anilines is 2. The SMILES string of the molecule is CCNc1ncc(C)c(NCc2cccc(C)n2)n1. The smallest absolute Gasteiger partial charge is 0.224 e. The van der Waals surface area contributed by atoms with Crippen LogP contribution in [0.3, 0.4) is 0 Å². The van der Waals surface area contributed by atoms with Crippen molar-refractivity contribution in [1.29, 1.82) is 0 Å². The van der Waals surface area contributed by atoms with Gasteiger partial charge in [0, 0.05) is 24.0 Å². The monoisotopic (exact) mass is 257 g/mol. The Bertz CT molecular complexity index is 553. The summed E-state index contributed by atoms with van der Waals surface area (Å²) >= 11 is 0. The Morgan fingerprint density at radius 1 is 1.11 bits per heavy atom. The van der Waals surface area contributed by atoms with Gasteiger partial charge >= 0.3 is 0 Å². The Kier molecular flexibility index (Phi) is 4.28. The van der Waals surface area contributed by atoms with Gasteiger partial charge in [-0.05, 0) is 32.9 Å². The van der Waals surface area contributed by atoms with Crippen molar-refractivity contribution in [2.24, 2.45) is 0 Å². The molecular weight excluding hydrogens is 238 g/mol. The van der Waals surface area contributed by atoms with Gasteiger partial charge in [-0.25, -0.2) is 4.98 Å². The van der Waals surface area contributed by atoms with Crippen molar-refractivity contribution >= 4 is 11.8 Å². The predicted octanol–water partition coefficient (Wildman–Crippen LogP) is 2.53. The first-order valence-corrected chi connectivity index (χ1v) is 6.43. The molecule has 0 amide bonds. The van der Waals surface area contributed by atoms with Gasteiger partial charge in [-0.15, -0.1) is 0 Å². The molecule has 0 saturated carbocycles. The van der Waals surface area contributed by atoms with Crippen LogP contribution >= 0.6 is 0 Å². The molecule has 0 atom stereocenters. The average molecular weight is 257 g/mol. The van der Waals surface area contributed by atoms with E-state index in [1.807, 2.05) is 45.2 Å². The molecule has 0 saturated heterocycles. The molecule has 2 aromatic rings. The van der Waals surface area contributed by atoms with Crippen LogP contribution in [0.2, 0.25) is 0 Å². The van der Waals surface area contributed by atoms with E-state index >= 15 is 0 Å². The fraction of sp³-hybridized carbons (Fsp3) is 0.357. The summed E-state index contributed by atoms with van der Waals surface area (Å²) in [6, 6.07) is 6.00. The van der Waals surface area contributed by atoms with Crippen LogP contribution in [0.5, 0.6) is 0 Å². The quantitative estimate of drug-likeness (QED) is 0.861. The second-order valence-corrected chi connectivity index (χ2v) is 4.38. The highest BCUT2D eigenvalue weighted by Gasteiger charge is 2.03. The van der Waals surface area contributed by atoms with Crippen LogP contribution in [0.1, 0.15) is 23.9 Å². The summed E-state index contributed by atoms with van der Waals surface area (Å²) in [6.07, 6.45) is 1.82. The maximum absolute atomic E-state index is 4.46. The number of nitrogens with one attached hydrogen (secondary N) is 2. The number of hydrogen-bond acceptors (Lipinski definition) is 5. The molecule has 2 aromatic heterocycles. The third-order valence-electron chi connectivity index (χ3n) is 2.69. The normalized spacial score (nSPS) is 10.3.